The number of carbonyl (C=O) groups excluding carboxylic acids is 2. The van der Waals surface area contributed by atoms with Crippen molar-refractivity contribution in [2.75, 3.05) is 7.11 Å². The number of rotatable bonds is 1. The molecule has 0 saturated heterocycles. The molecular formula is C17H18O3. The number of esters is 1. The number of hydrogen-bond donors (Lipinski definition) is 0. The van der Waals surface area contributed by atoms with Crippen molar-refractivity contribution in [1.29, 1.82) is 0 Å². The summed E-state index contributed by atoms with van der Waals surface area (Å²) in [6.45, 7) is 2.09. The molecule has 1 fully saturated rings. The van der Waals surface area contributed by atoms with Crippen LogP contribution in [0.3, 0.4) is 0 Å². The van der Waals surface area contributed by atoms with Crippen molar-refractivity contribution in [2.24, 2.45) is 5.92 Å². The molecule has 0 radical (unpaired) electrons. The first-order chi connectivity index (χ1) is 9.57. The zero-order valence-electron chi connectivity index (χ0n) is 11.8. The van der Waals surface area contributed by atoms with E-state index in [1.54, 1.807) is 0 Å². The van der Waals surface area contributed by atoms with E-state index in [0.717, 1.165) is 6.42 Å². The van der Waals surface area contributed by atoms with Crippen LogP contribution in [0.15, 0.2) is 30.3 Å². The van der Waals surface area contributed by atoms with E-state index in [4.69, 9.17) is 4.74 Å². The molecule has 0 aliphatic heterocycles. The van der Waals surface area contributed by atoms with E-state index in [2.05, 4.69) is 25.1 Å². The number of allylic oxidation sites excluding steroid dienone is 2. The van der Waals surface area contributed by atoms with Crippen molar-refractivity contribution >= 4 is 17.3 Å². The van der Waals surface area contributed by atoms with Gasteiger partial charge in [0.05, 0.1) is 7.11 Å². The minimum atomic E-state index is -0.577. The molecule has 0 aromatic heterocycles. The van der Waals surface area contributed by atoms with E-state index < -0.39 is 11.9 Å². The lowest BCUT2D eigenvalue weighted by molar-refractivity contribution is -0.151. The summed E-state index contributed by atoms with van der Waals surface area (Å²) < 4.78 is 4.73. The molecule has 0 amide bonds. The largest absolute Gasteiger partial charge is 0.468 e. The van der Waals surface area contributed by atoms with Gasteiger partial charge in [0.1, 0.15) is 11.7 Å². The lowest BCUT2D eigenvalue weighted by atomic mass is 9.67. The molecule has 3 nitrogen and oxygen atoms in total. The van der Waals surface area contributed by atoms with Gasteiger partial charge in [-0.05, 0) is 36.5 Å². The summed E-state index contributed by atoms with van der Waals surface area (Å²) in [5.74, 6) is -0.965. The SMILES string of the molecule is COC(=O)C1CC[C@@]2(C=C(C)c3ccccc32)CC1=O. The maximum atomic E-state index is 12.3. The molecule has 3 heteroatoms. The van der Waals surface area contributed by atoms with Crippen molar-refractivity contribution in [3.05, 3.63) is 41.5 Å². The number of Topliss-reactive ketones (excluding diaryl/α,β-unsaturated/α-hetero) is 1. The van der Waals surface area contributed by atoms with Crippen LogP contribution >= 0.6 is 0 Å². The third kappa shape index (κ3) is 1.80. The average Bonchev–Trinajstić information content (AvgIpc) is 2.72. The Bertz CT molecular complexity index is 614. The average molecular weight is 270 g/mol. The first-order valence-electron chi connectivity index (χ1n) is 6.97. The highest BCUT2D eigenvalue weighted by Crippen LogP contribution is 2.49. The van der Waals surface area contributed by atoms with Crippen LogP contribution in [0.25, 0.3) is 5.57 Å². The van der Waals surface area contributed by atoms with Crippen LogP contribution < -0.4 is 0 Å². The van der Waals surface area contributed by atoms with Gasteiger partial charge in [0, 0.05) is 11.8 Å². The van der Waals surface area contributed by atoms with E-state index in [9.17, 15) is 9.59 Å². The molecule has 1 spiro atoms. The molecule has 1 aromatic rings. The number of ether oxygens (including phenoxy) is 1. The van der Waals surface area contributed by atoms with Gasteiger partial charge in [-0.1, -0.05) is 30.3 Å². The molecule has 104 valence electrons. The lowest BCUT2D eigenvalue weighted by Gasteiger charge is -2.35. The van der Waals surface area contributed by atoms with Crippen molar-refractivity contribution in [2.45, 2.75) is 31.6 Å². The van der Waals surface area contributed by atoms with Crippen LogP contribution in [-0.2, 0) is 19.7 Å². The quantitative estimate of drug-likeness (QED) is 0.582. The summed E-state index contributed by atoms with van der Waals surface area (Å²) >= 11 is 0. The Morgan fingerprint density at radius 1 is 1.35 bits per heavy atom. The fourth-order valence-electron chi connectivity index (χ4n) is 3.66. The summed E-state index contributed by atoms with van der Waals surface area (Å²) in [6.07, 6.45) is 4.01. The molecule has 20 heavy (non-hydrogen) atoms. The summed E-state index contributed by atoms with van der Waals surface area (Å²) in [4.78, 5) is 24.0. The first-order valence-corrected chi connectivity index (χ1v) is 6.97. The van der Waals surface area contributed by atoms with Crippen LogP contribution in [0.2, 0.25) is 0 Å². The number of carbonyl (C=O) groups is 2. The van der Waals surface area contributed by atoms with E-state index in [1.165, 1.54) is 23.8 Å². The van der Waals surface area contributed by atoms with E-state index >= 15 is 0 Å². The highest BCUT2D eigenvalue weighted by atomic mass is 16.5. The third-order valence-corrected chi connectivity index (χ3v) is 4.62. The van der Waals surface area contributed by atoms with Gasteiger partial charge >= 0.3 is 5.97 Å². The Balaban J connectivity index is 1.95. The van der Waals surface area contributed by atoms with Crippen molar-refractivity contribution in [3.8, 4) is 0 Å². The van der Waals surface area contributed by atoms with Gasteiger partial charge in [0.15, 0.2) is 0 Å². The monoisotopic (exact) mass is 270 g/mol. The topological polar surface area (TPSA) is 43.4 Å². The smallest absolute Gasteiger partial charge is 0.316 e. The standard InChI is InChI=1S/C17H18O3/c1-11-9-17(14-6-4-3-5-12(11)14)8-7-13(15(18)10-17)16(19)20-2/h3-6,9,13H,7-8,10H2,1-2H3/t13?,17-/m1/s1. The summed E-state index contributed by atoms with van der Waals surface area (Å²) in [5, 5.41) is 0. The highest BCUT2D eigenvalue weighted by molar-refractivity contribution is 6.01. The number of hydrogen-bond acceptors (Lipinski definition) is 3. The van der Waals surface area contributed by atoms with Gasteiger partial charge in [-0.3, -0.25) is 9.59 Å². The molecule has 2 atom stereocenters. The zero-order valence-corrected chi connectivity index (χ0v) is 11.8. The van der Waals surface area contributed by atoms with Gasteiger partial charge in [0.2, 0.25) is 0 Å². The molecule has 0 heterocycles. The molecule has 1 unspecified atom stereocenters. The second-order valence-electron chi connectivity index (χ2n) is 5.79. The van der Waals surface area contributed by atoms with Gasteiger partial charge < -0.3 is 4.74 Å². The summed E-state index contributed by atoms with van der Waals surface area (Å²) in [7, 11) is 1.34. The predicted molar refractivity (Wildman–Crippen MR) is 76.1 cm³/mol. The Morgan fingerprint density at radius 2 is 2.10 bits per heavy atom. The lowest BCUT2D eigenvalue weighted by Crippen LogP contribution is -2.39. The van der Waals surface area contributed by atoms with Crippen LogP contribution in [-0.4, -0.2) is 18.9 Å². The molecular weight excluding hydrogens is 252 g/mol. The molecule has 1 saturated carbocycles. The van der Waals surface area contributed by atoms with Crippen molar-refractivity contribution in [1.82, 2.24) is 0 Å². The minimum Gasteiger partial charge on any atom is -0.468 e. The van der Waals surface area contributed by atoms with Gasteiger partial charge in [-0.2, -0.15) is 0 Å². The molecule has 0 bridgehead atoms. The number of ketones is 1. The third-order valence-electron chi connectivity index (χ3n) is 4.62. The normalized spacial score (nSPS) is 28.2. The van der Waals surface area contributed by atoms with Gasteiger partial charge in [-0.15, -0.1) is 0 Å². The Morgan fingerprint density at radius 3 is 2.80 bits per heavy atom. The van der Waals surface area contributed by atoms with Gasteiger partial charge in [0.25, 0.3) is 0 Å². The van der Waals surface area contributed by atoms with Gasteiger partial charge in [-0.25, -0.2) is 0 Å². The molecule has 2 aliphatic carbocycles. The minimum absolute atomic E-state index is 0.00357. The number of benzene rings is 1. The maximum absolute atomic E-state index is 12.3. The van der Waals surface area contributed by atoms with Crippen LogP contribution in [0.4, 0.5) is 0 Å². The Kier molecular flexibility index (Phi) is 3.00. The van der Waals surface area contributed by atoms with E-state index in [-0.39, 0.29) is 11.2 Å². The molecule has 0 N–H and O–H groups in total. The predicted octanol–water partition coefficient (Wildman–Crippen LogP) is 2.88. The number of fused-ring (bicyclic) bond motifs is 2. The highest BCUT2D eigenvalue weighted by Gasteiger charge is 2.45. The Hall–Kier alpha value is -1.90. The summed E-state index contributed by atoms with van der Waals surface area (Å²) in [6, 6.07) is 8.25. The molecule has 1 aromatic carbocycles. The van der Waals surface area contributed by atoms with E-state index in [1.807, 2.05) is 12.1 Å². The zero-order chi connectivity index (χ0) is 14.3. The van der Waals surface area contributed by atoms with Crippen molar-refractivity contribution < 1.29 is 14.3 Å². The van der Waals surface area contributed by atoms with E-state index in [0.29, 0.717) is 12.8 Å². The van der Waals surface area contributed by atoms with Crippen LogP contribution in [0.1, 0.15) is 37.3 Å². The van der Waals surface area contributed by atoms with Crippen LogP contribution in [0, 0.1) is 5.92 Å². The summed E-state index contributed by atoms with van der Waals surface area (Å²) in [5.41, 5.74) is 3.48. The molecule has 2 aliphatic rings. The van der Waals surface area contributed by atoms with Crippen molar-refractivity contribution in [3.63, 3.8) is 0 Å². The van der Waals surface area contributed by atoms with Crippen LogP contribution in [0.5, 0.6) is 0 Å². The molecule has 3 rings (SSSR count). The second kappa shape index (κ2) is 4.58. The second-order valence-corrected chi connectivity index (χ2v) is 5.79. The Labute approximate surface area is 118 Å². The number of methoxy groups -OCH3 is 1. The fourth-order valence-corrected chi connectivity index (χ4v) is 3.66. The fraction of sp³-hybridized carbons (Fsp3) is 0.412. The maximum Gasteiger partial charge on any atom is 0.316 e. The first kappa shape index (κ1) is 13.1.